The highest BCUT2D eigenvalue weighted by Gasteiger charge is 2.14. The number of methoxy groups -OCH3 is 1. The summed E-state index contributed by atoms with van der Waals surface area (Å²) in [6.45, 7) is 0.704. The normalized spacial score (nSPS) is 10.7. The van der Waals surface area contributed by atoms with Crippen LogP contribution in [-0.2, 0) is 13.2 Å². The minimum atomic E-state index is 0.257. The van der Waals surface area contributed by atoms with E-state index in [1.54, 1.807) is 30.0 Å². The zero-order valence-corrected chi connectivity index (χ0v) is 19.5. The Labute approximate surface area is 200 Å². The molecular weight excluding hydrogens is 467 g/mol. The third-order valence-electron chi connectivity index (χ3n) is 4.85. The van der Waals surface area contributed by atoms with E-state index in [1.807, 2.05) is 48.5 Å². The van der Waals surface area contributed by atoms with Gasteiger partial charge in [0.05, 0.1) is 19.2 Å². The average molecular weight is 487 g/mol. The highest BCUT2D eigenvalue weighted by Crippen LogP contribution is 2.29. The van der Waals surface area contributed by atoms with Crippen LogP contribution >= 0.6 is 35.4 Å². The fourth-order valence-corrected chi connectivity index (χ4v) is 3.93. The molecule has 1 aromatic heterocycles. The second kappa shape index (κ2) is 10.1. The van der Waals surface area contributed by atoms with Gasteiger partial charge in [0.25, 0.3) is 0 Å². The first kappa shape index (κ1) is 22.2. The van der Waals surface area contributed by atoms with Crippen molar-refractivity contribution in [2.24, 2.45) is 0 Å². The van der Waals surface area contributed by atoms with Crippen LogP contribution in [0, 0.1) is 4.77 Å². The molecule has 0 saturated heterocycles. The van der Waals surface area contributed by atoms with Crippen LogP contribution in [0.25, 0.3) is 11.4 Å². The quantitative estimate of drug-likeness (QED) is 0.288. The van der Waals surface area contributed by atoms with Crippen LogP contribution in [0.1, 0.15) is 11.1 Å². The first-order chi connectivity index (χ1) is 15.6. The lowest BCUT2D eigenvalue weighted by Crippen LogP contribution is -2.16. The number of nitrogens with zero attached hydrogens (tertiary/aromatic N) is 2. The van der Waals surface area contributed by atoms with E-state index < -0.39 is 0 Å². The summed E-state index contributed by atoms with van der Waals surface area (Å²) in [5.41, 5.74) is 5.81. The molecule has 4 aromatic rings. The number of nitrogens with one attached hydrogen (secondary N) is 2. The minimum absolute atomic E-state index is 0.257. The van der Waals surface area contributed by atoms with Crippen molar-refractivity contribution in [2.45, 2.75) is 13.2 Å². The Hall–Kier alpha value is -3.00. The molecule has 0 aliphatic carbocycles. The summed E-state index contributed by atoms with van der Waals surface area (Å²) >= 11 is 18.0. The Morgan fingerprint density at radius 1 is 0.969 bits per heavy atom. The topological polar surface area (TPSA) is 64.1 Å². The Bertz CT molecular complexity index is 1270. The Kier molecular flexibility index (Phi) is 6.99. The van der Waals surface area contributed by atoms with Crippen LogP contribution in [0.5, 0.6) is 11.5 Å². The van der Waals surface area contributed by atoms with Crippen LogP contribution in [0.2, 0.25) is 10.0 Å². The molecule has 0 atom stereocenters. The molecule has 0 saturated carbocycles. The predicted octanol–water partition coefficient (Wildman–Crippen LogP) is 6.25. The summed E-state index contributed by atoms with van der Waals surface area (Å²) in [4.78, 5) is 0. The summed E-state index contributed by atoms with van der Waals surface area (Å²) in [6, 6.07) is 20.7. The van der Waals surface area contributed by atoms with E-state index >= 15 is 0 Å². The van der Waals surface area contributed by atoms with Gasteiger partial charge in [-0.15, -0.1) is 0 Å². The molecule has 6 nitrogen and oxygen atoms in total. The number of aromatic nitrogens is 3. The molecule has 0 amide bonds. The Balaban J connectivity index is 1.55. The maximum atomic E-state index is 6.27. The second-order valence-electron chi connectivity index (χ2n) is 6.82. The van der Waals surface area contributed by atoms with Gasteiger partial charge in [-0.25, -0.2) is 9.77 Å². The number of hydrogen-bond donors (Lipinski definition) is 2. The van der Waals surface area contributed by atoms with Crippen LogP contribution in [-0.4, -0.2) is 22.0 Å². The maximum Gasteiger partial charge on any atom is 0.214 e. The van der Waals surface area contributed by atoms with Gasteiger partial charge in [-0.3, -0.25) is 0 Å². The standard InChI is InChI=1S/C23H20Cl2N4O2S/c1-30-21-12-5-3-8-16(21)22-27-28-23(32)29(22)26-13-15-7-2-4-11-20(15)31-14-17-18(24)9-6-10-19(17)25/h2-12,26H,13-14H2,1H3,(H,28,32). The van der Waals surface area contributed by atoms with Crippen molar-refractivity contribution in [1.29, 1.82) is 0 Å². The van der Waals surface area contributed by atoms with Gasteiger partial charge in [-0.1, -0.05) is 59.6 Å². The molecule has 0 radical (unpaired) electrons. The van der Waals surface area contributed by atoms with E-state index in [0.29, 0.717) is 38.7 Å². The van der Waals surface area contributed by atoms with Gasteiger partial charge < -0.3 is 14.9 Å². The molecule has 0 spiro atoms. The smallest absolute Gasteiger partial charge is 0.214 e. The second-order valence-corrected chi connectivity index (χ2v) is 8.02. The largest absolute Gasteiger partial charge is 0.496 e. The summed E-state index contributed by atoms with van der Waals surface area (Å²) in [7, 11) is 1.62. The van der Waals surface area contributed by atoms with Crippen LogP contribution < -0.4 is 14.9 Å². The van der Waals surface area contributed by atoms with Gasteiger partial charge in [-0.2, -0.15) is 5.10 Å². The van der Waals surface area contributed by atoms with Gasteiger partial charge in [-0.05, 0) is 42.5 Å². The third-order valence-corrected chi connectivity index (χ3v) is 5.84. The van der Waals surface area contributed by atoms with E-state index in [-0.39, 0.29) is 6.61 Å². The molecule has 0 fully saturated rings. The number of halogens is 2. The van der Waals surface area contributed by atoms with Crippen molar-refractivity contribution in [3.63, 3.8) is 0 Å². The van der Waals surface area contributed by atoms with E-state index in [9.17, 15) is 0 Å². The molecule has 164 valence electrons. The van der Waals surface area contributed by atoms with Crippen molar-refractivity contribution in [1.82, 2.24) is 14.9 Å². The number of ether oxygens (including phenoxy) is 2. The minimum Gasteiger partial charge on any atom is -0.496 e. The highest BCUT2D eigenvalue weighted by molar-refractivity contribution is 7.71. The van der Waals surface area contributed by atoms with E-state index in [4.69, 9.17) is 44.9 Å². The third kappa shape index (κ3) is 4.75. The number of rotatable bonds is 8. The van der Waals surface area contributed by atoms with Crippen LogP contribution in [0.4, 0.5) is 0 Å². The van der Waals surface area contributed by atoms with Crippen molar-refractivity contribution in [2.75, 3.05) is 12.5 Å². The number of para-hydroxylation sites is 2. The van der Waals surface area contributed by atoms with E-state index in [1.165, 1.54) is 0 Å². The lowest BCUT2D eigenvalue weighted by Gasteiger charge is -2.15. The van der Waals surface area contributed by atoms with Gasteiger partial charge in [0.15, 0.2) is 5.82 Å². The van der Waals surface area contributed by atoms with Crippen molar-refractivity contribution < 1.29 is 9.47 Å². The Morgan fingerprint density at radius 2 is 1.66 bits per heavy atom. The predicted molar refractivity (Wildman–Crippen MR) is 130 cm³/mol. The fourth-order valence-electron chi connectivity index (χ4n) is 3.23. The molecule has 1 heterocycles. The molecule has 0 aliphatic rings. The Morgan fingerprint density at radius 3 is 2.41 bits per heavy atom. The lowest BCUT2D eigenvalue weighted by atomic mass is 10.2. The van der Waals surface area contributed by atoms with Crippen molar-refractivity contribution in [3.8, 4) is 22.9 Å². The first-order valence-electron chi connectivity index (χ1n) is 9.76. The van der Waals surface area contributed by atoms with Gasteiger partial charge in [0, 0.05) is 21.2 Å². The first-order valence-corrected chi connectivity index (χ1v) is 10.9. The van der Waals surface area contributed by atoms with Gasteiger partial charge >= 0.3 is 0 Å². The van der Waals surface area contributed by atoms with Gasteiger partial charge in [0.1, 0.15) is 18.1 Å². The monoisotopic (exact) mass is 486 g/mol. The van der Waals surface area contributed by atoms with E-state index in [2.05, 4.69) is 15.6 Å². The molecular formula is C23H20Cl2N4O2S. The molecule has 0 unspecified atom stereocenters. The summed E-state index contributed by atoms with van der Waals surface area (Å²) < 4.78 is 13.7. The number of H-pyrrole nitrogens is 1. The van der Waals surface area contributed by atoms with Crippen LogP contribution in [0.15, 0.2) is 66.7 Å². The summed E-state index contributed by atoms with van der Waals surface area (Å²) in [5.74, 6) is 2.03. The molecule has 9 heteroatoms. The van der Waals surface area contributed by atoms with E-state index in [0.717, 1.165) is 16.7 Å². The fraction of sp³-hybridized carbons (Fsp3) is 0.130. The zero-order valence-electron chi connectivity index (χ0n) is 17.1. The van der Waals surface area contributed by atoms with Crippen LogP contribution in [0.3, 0.4) is 0 Å². The number of benzene rings is 3. The molecule has 0 aliphatic heterocycles. The van der Waals surface area contributed by atoms with Gasteiger partial charge in [0.2, 0.25) is 4.77 Å². The molecule has 32 heavy (non-hydrogen) atoms. The molecule has 3 aromatic carbocycles. The SMILES string of the molecule is COc1ccccc1-c1n[nH]c(=S)n1NCc1ccccc1OCc1c(Cl)cccc1Cl. The molecule has 0 bridgehead atoms. The maximum absolute atomic E-state index is 6.27. The molecule has 4 rings (SSSR count). The van der Waals surface area contributed by atoms with Crippen molar-refractivity contribution in [3.05, 3.63) is 92.7 Å². The summed E-state index contributed by atoms with van der Waals surface area (Å²) in [6.07, 6.45) is 0. The molecule has 2 N–H and O–H groups in total. The zero-order chi connectivity index (χ0) is 22.5. The lowest BCUT2D eigenvalue weighted by molar-refractivity contribution is 0.303. The number of aromatic amines is 1. The highest BCUT2D eigenvalue weighted by atomic mass is 35.5. The average Bonchev–Trinajstić information content (AvgIpc) is 3.18. The number of hydrogen-bond acceptors (Lipinski definition) is 5. The summed E-state index contributed by atoms with van der Waals surface area (Å²) in [5, 5.41) is 8.34. The van der Waals surface area contributed by atoms with Crippen molar-refractivity contribution >= 4 is 35.4 Å².